The first-order valence-electron chi connectivity index (χ1n) is 6.98. The zero-order valence-corrected chi connectivity index (χ0v) is 12.3. The Morgan fingerprint density at radius 3 is 2.48 bits per heavy atom. The number of para-hydroxylation sites is 1. The predicted octanol–water partition coefficient (Wildman–Crippen LogP) is 3.58. The summed E-state index contributed by atoms with van der Waals surface area (Å²) in [5.74, 6) is 0.806. The molecule has 2 rings (SSSR count). The number of methoxy groups -OCH3 is 1. The molecule has 0 atom stereocenters. The van der Waals surface area contributed by atoms with Gasteiger partial charge in [0.1, 0.15) is 5.75 Å². The van der Waals surface area contributed by atoms with Gasteiger partial charge in [0, 0.05) is 12.2 Å². The van der Waals surface area contributed by atoms with E-state index in [2.05, 4.69) is 17.6 Å². The fraction of sp³-hybridized carbons (Fsp3) is 0.235. The Balaban J connectivity index is 1.89. The van der Waals surface area contributed by atoms with E-state index in [1.807, 2.05) is 48.5 Å². The van der Waals surface area contributed by atoms with Crippen LogP contribution in [0.2, 0.25) is 0 Å². The van der Waals surface area contributed by atoms with Crippen LogP contribution in [0.4, 0.5) is 10.5 Å². The van der Waals surface area contributed by atoms with Gasteiger partial charge in [0.2, 0.25) is 0 Å². The zero-order chi connectivity index (χ0) is 15.1. The summed E-state index contributed by atoms with van der Waals surface area (Å²) in [5, 5.41) is 5.72. The number of carbonyl (C=O) groups excluding carboxylic acids is 1. The van der Waals surface area contributed by atoms with E-state index < -0.39 is 0 Å². The molecular formula is C17H20N2O2. The highest BCUT2D eigenvalue weighted by atomic mass is 16.5. The Hall–Kier alpha value is -2.49. The molecule has 0 unspecified atom stereocenters. The average molecular weight is 284 g/mol. The number of benzene rings is 2. The van der Waals surface area contributed by atoms with Crippen LogP contribution in [-0.4, -0.2) is 13.1 Å². The van der Waals surface area contributed by atoms with Crippen LogP contribution in [-0.2, 0) is 13.0 Å². The van der Waals surface area contributed by atoms with Gasteiger partial charge in [-0.15, -0.1) is 0 Å². The lowest BCUT2D eigenvalue weighted by atomic mass is 10.1. The van der Waals surface area contributed by atoms with Crippen molar-refractivity contribution in [3.8, 4) is 5.75 Å². The van der Waals surface area contributed by atoms with Crippen LogP contribution in [0.3, 0.4) is 0 Å². The topological polar surface area (TPSA) is 50.4 Å². The minimum absolute atomic E-state index is 0.202. The lowest BCUT2D eigenvalue weighted by Crippen LogP contribution is -2.28. The van der Waals surface area contributed by atoms with Gasteiger partial charge < -0.3 is 15.4 Å². The van der Waals surface area contributed by atoms with Crippen molar-refractivity contribution < 1.29 is 9.53 Å². The summed E-state index contributed by atoms with van der Waals surface area (Å²) < 4.78 is 5.10. The van der Waals surface area contributed by atoms with Crippen molar-refractivity contribution in [3.63, 3.8) is 0 Å². The third-order valence-corrected chi connectivity index (χ3v) is 3.26. The number of hydrogen-bond acceptors (Lipinski definition) is 2. The molecule has 2 aromatic rings. The number of urea groups is 1. The van der Waals surface area contributed by atoms with Crippen molar-refractivity contribution in [2.45, 2.75) is 19.9 Å². The van der Waals surface area contributed by atoms with Crippen LogP contribution in [0.5, 0.6) is 5.75 Å². The number of rotatable bonds is 5. The van der Waals surface area contributed by atoms with E-state index in [1.165, 1.54) is 0 Å². The maximum atomic E-state index is 11.9. The van der Waals surface area contributed by atoms with E-state index in [-0.39, 0.29) is 6.03 Å². The minimum atomic E-state index is -0.202. The van der Waals surface area contributed by atoms with Gasteiger partial charge in [-0.2, -0.15) is 0 Å². The number of hydrogen-bond donors (Lipinski definition) is 2. The molecule has 0 fully saturated rings. The van der Waals surface area contributed by atoms with Crippen molar-refractivity contribution in [1.82, 2.24) is 5.32 Å². The molecule has 0 bridgehead atoms. The van der Waals surface area contributed by atoms with E-state index >= 15 is 0 Å². The van der Waals surface area contributed by atoms with E-state index in [0.29, 0.717) is 6.54 Å². The van der Waals surface area contributed by atoms with Crippen molar-refractivity contribution in [2.75, 3.05) is 12.4 Å². The van der Waals surface area contributed by atoms with Gasteiger partial charge in [0.05, 0.1) is 7.11 Å². The van der Waals surface area contributed by atoms with Crippen LogP contribution in [0.25, 0.3) is 0 Å². The first-order valence-corrected chi connectivity index (χ1v) is 6.98. The van der Waals surface area contributed by atoms with E-state index in [9.17, 15) is 4.79 Å². The maximum Gasteiger partial charge on any atom is 0.319 e. The summed E-state index contributed by atoms with van der Waals surface area (Å²) >= 11 is 0. The lowest BCUT2D eigenvalue weighted by molar-refractivity contribution is 0.251. The van der Waals surface area contributed by atoms with E-state index in [1.54, 1.807) is 7.11 Å². The fourth-order valence-electron chi connectivity index (χ4n) is 2.04. The molecule has 110 valence electrons. The summed E-state index contributed by atoms with van der Waals surface area (Å²) in [5.41, 5.74) is 3.00. The number of ether oxygens (including phenoxy) is 1. The molecule has 0 aromatic heterocycles. The first-order chi connectivity index (χ1) is 10.2. The third kappa shape index (κ3) is 4.24. The Morgan fingerprint density at radius 1 is 1.10 bits per heavy atom. The van der Waals surface area contributed by atoms with Crippen molar-refractivity contribution in [2.24, 2.45) is 0 Å². The van der Waals surface area contributed by atoms with Crippen LogP contribution in [0, 0.1) is 0 Å². The Kier molecular flexibility index (Phi) is 5.21. The summed E-state index contributed by atoms with van der Waals surface area (Å²) in [4.78, 5) is 11.9. The SMILES string of the molecule is CCc1ccccc1NC(=O)NCc1ccc(OC)cc1. The number of anilines is 1. The van der Waals surface area contributed by atoms with Gasteiger partial charge in [0.15, 0.2) is 0 Å². The second kappa shape index (κ2) is 7.33. The predicted molar refractivity (Wildman–Crippen MR) is 84.7 cm³/mol. The van der Waals surface area contributed by atoms with Crippen LogP contribution >= 0.6 is 0 Å². The highest BCUT2D eigenvalue weighted by molar-refractivity contribution is 5.90. The molecule has 0 spiro atoms. The summed E-state index contributed by atoms with van der Waals surface area (Å²) in [6.45, 7) is 2.54. The molecule has 2 aromatic carbocycles. The molecule has 2 amide bonds. The Bertz CT molecular complexity index is 594. The smallest absolute Gasteiger partial charge is 0.319 e. The monoisotopic (exact) mass is 284 g/mol. The molecule has 0 heterocycles. The Labute approximate surface area is 125 Å². The average Bonchev–Trinajstić information content (AvgIpc) is 2.54. The summed E-state index contributed by atoms with van der Waals surface area (Å²) in [7, 11) is 1.63. The van der Waals surface area contributed by atoms with Gasteiger partial charge in [-0.1, -0.05) is 37.3 Å². The van der Waals surface area contributed by atoms with E-state index in [4.69, 9.17) is 4.74 Å². The van der Waals surface area contributed by atoms with Crippen molar-refractivity contribution >= 4 is 11.7 Å². The zero-order valence-electron chi connectivity index (χ0n) is 12.3. The van der Waals surface area contributed by atoms with Gasteiger partial charge in [-0.3, -0.25) is 0 Å². The second-order valence-electron chi connectivity index (χ2n) is 4.67. The molecule has 0 aliphatic carbocycles. The molecule has 21 heavy (non-hydrogen) atoms. The molecule has 4 nitrogen and oxygen atoms in total. The first kappa shape index (κ1) is 14.9. The van der Waals surface area contributed by atoms with E-state index in [0.717, 1.165) is 29.0 Å². The fourth-order valence-corrected chi connectivity index (χ4v) is 2.04. The number of aryl methyl sites for hydroxylation is 1. The molecule has 0 aliphatic heterocycles. The van der Waals surface area contributed by atoms with Crippen molar-refractivity contribution in [3.05, 3.63) is 59.7 Å². The van der Waals surface area contributed by atoms with Crippen LogP contribution in [0.15, 0.2) is 48.5 Å². The van der Waals surface area contributed by atoms with Crippen LogP contribution in [0.1, 0.15) is 18.1 Å². The highest BCUT2D eigenvalue weighted by Gasteiger charge is 2.05. The largest absolute Gasteiger partial charge is 0.497 e. The Morgan fingerprint density at radius 2 is 1.81 bits per heavy atom. The molecular weight excluding hydrogens is 264 g/mol. The second-order valence-corrected chi connectivity index (χ2v) is 4.67. The number of amides is 2. The summed E-state index contributed by atoms with van der Waals surface area (Å²) in [6.07, 6.45) is 0.884. The highest BCUT2D eigenvalue weighted by Crippen LogP contribution is 2.15. The van der Waals surface area contributed by atoms with Crippen molar-refractivity contribution in [1.29, 1.82) is 0 Å². The lowest BCUT2D eigenvalue weighted by Gasteiger charge is -2.11. The molecule has 0 radical (unpaired) electrons. The molecule has 0 saturated heterocycles. The summed E-state index contributed by atoms with van der Waals surface area (Å²) in [6, 6.07) is 15.2. The molecule has 2 N–H and O–H groups in total. The van der Waals surface area contributed by atoms with Gasteiger partial charge in [0.25, 0.3) is 0 Å². The third-order valence-electron chi connectivity index (χ3n) is 3.26. The van der Waals surface area contributed by atoms with Crippen LogP contribution < -0.4 is 15.4 Å². The number of carbonyl (C=O) groups is 1. The quantitative estimate of drug-likeness (QED) is 0.881. The minimum Gasteiger partial charge on any atom is -0.497 e. The molecule has 0 saturated carbocycles. The normalized spacial score (nSPS) is 10.0. The standard InChI is InChI=1S/C17H20N2O2/c1-3-14-6-4-5-7-16(14)19-17(20)18-12-13-8-10-15(21-2)11-9-13/h4-11H,3,12H2,1-2H3,(H2,18,19,20). The van der Waals surface area contributed by atoms with Gasteiger partial charge >= 0.3 is 6.03 Å². The van der Waals surface area contributed by atoms with Gasteiger partial charge in [-0.25, -0.2) is 4.79 Å². The molecule has 0 aliphatic rings. The maximum absolute atomic E-state index is 11.9. The van der Waals surface area contributed by atoms with Gasteiger partial charge in [-0.05, 0) is 35.7 Å². The molecule has 4 heteroatoms. The number of nitrogens with one attached hydrogen (secondary N) is 2.